The molecule has 2 heterocycles. The van der Waals surface area contributed by atoms with Gasteiger partial charge in [-0.3, -0.25) is 11.3 Å². The summed E-state index contributed by atoms with van der Waals surface area (Å²) in [5.41, 5.74) is 3.08. The summed E-state index contributed by atoms with van der Waals surface area (Å²) in [5.74, 6) is 7.10. The third-order valence-corrected chi connectivity index (χ3v) is 5.35. The van der Waals surface area contributed by atoms with Gasteiger partial charge < -0.3 is 14.2 Å². The van der Waals surface area contributed by atoms with E-state index in [1.54, 1.807) is 0 Å². The topological polar surface area (TPSA) is 65.7 Å². The fourth-order valence-electron chi connectivity index (χ4n) is 4.02. The standard InChI is InChI=1S/C15H28N2O3/c1-18-14(11-2-3-11)13(17-16)12-4-7-20-15(10-12)5-8-19-9-6-15/h11-14,17H,2-10,16H2,1H3. The van der Waals surface area contributed by atoms with E-state index >= 15 is 0 Å². The summed E-state index contributed by atoms with van der Waals surface area (Å²) in [5, 5.41) is 0. The summed E-state index contributed by atoms with van der Waals surface area (Å²) < 4.78 is 17.4. The lowest BCUT2D eigenvalue weighted by Crippen LogP contribution is -2.55. The Balaban J connectivity index is 1.67. The lowest BCUT2D eigenvalue weighted by Gasteiger charge is -2.46. The van der Waals surface area contributed by atoms with Gasteiger partial charge in [-0.25, -0.2) is 0 Å². The number of hydrogen-bond donors (Lipinski definition) is 2. The van der Waals surface area contributed by atoms with Crippen LogP contribution in [0.2, 0.25) is 0 Å². The Morgan fingerprint density at radius 3 is 2.50 bits per heavy atom. The third-order valence-electron chi connectivity index (χ3n) is 5.35. The van der Waals surface area contributed by atoms with Gasteiger partial charge in [0.05, 0.1) is 17.7 Å². The van der Waals surface area contributed by atoms with Crippen molar-refractivity contribution in [1.82, 2.24) is 5.43 Å². The van der Waals surface area contributed by atoms with Crippen LogP contribution in [0.4, 0.5) is 0 Å². The van der Waals surface area contributed by atoms with Gasteiger partial charge >= 0.3 is 0 Å². The molecule has 3 fully saturated rings. The van der Waals surface area contributed by atoms with Crippen LogP contribution in [0.5, 0.6) is 0 Å². The molecule has 0 radical (unpaired) electrons. The van der Waals surface area contributed by atoms with E-state index in [0.717, 1.165) is 45.5 Å². The zero-order valence-corrected chi connectivity index (χ0v) is 12.5. The molecule has 0 bridgehead atoms. The second kappa shape index (κ2) is 6.28. The zero-order chi connectivity index (χ0) is 14.0. The predicted molar refractivity (Wildman–Crippen MR) is 76.1 cm³/mol. The van der Waals surface area contributed by atoms with Crippen LogP contribution in [-0.2, 0) is 14.2 Å². The first-order valence-corrected chi connectivity index (χ1v) is 7.99. The largest absolute Gasteiger partial charge is 0.381 e. The smallest absolute Gasteiger partial charge is 0.0768 e. The minimum atomic E-state index is 0.0259. The van der Waals surface area contributed by atoms with Crippen molar-refractivity contribution in [3.05, 3.63) is 0 Å². The maximum atomic E-state index is 6.13. The first kappa shape index (κ1) is 14.7. The highest BCUT2D eigenvalue weighted by atomic mass is 16.5. The van der Waals surface area contributed by atoms with E-state index in [9.17, 15) is 0 Å². The molecule has 3 N–H and O–H groups in total. The second-order valence-corrected chi connectivity index (χ2v) is 6.63. The number of hydrazine groups is 1. The van der Waals surface area contributed by atoms with Crippen molar-refractivity contribution < 1.29 is 14.2 Å². The van der Waals surface area contributed by atoms with Gasteiger partial charge in [0, 0.05) is 26.9 Å². The Bertz CT molecular complexity index is 311. The molecule has 0 aromatic rings. The van der Waals surface area contributed by atoms with Crippen LogP contribution in [0.3, 0.4) is 0 Å². The Morgan fingerprint density at radius 2 is 1.90 bits per heavy atom. The first-order chi connectivity index (χ1) is 9.78. The molecule has 5 heteroatoms. The molecule has 3 unspecified atom stereocenters. The Labute approximate surface area is 121 Å². The molecule has 1 spiro atoms. The molecule has 0 aromatic heterocycles. The summed E-state index contributed by atoms with van der Waals surface area (Å²) in [6.45, 7) is 2.48. The number of nitrogens with one attached hydrogen (secondary N) is 1. The molecule has 1 aliphatic carbocycles. The fraction of sp³-hybridized carbons (Fsp3) is 1.00. The number of methoxy groups -OCH3 is 1. The van der Waals surface area contributed by atoms with Gasteiger partial charge in [0.15, 0.2) is 0 Å². The van der Waals surface area contributed by atoms with Crippen LogP contribution in [0.25, 0.3) is 0 Å². The highest BCUT2D eigenvalue weighted by Crippen LogP contribution is 2.42. The molecule has 0 amide bonds. The number of ether oxygens (including phenoxy) is 3. The normalized spacial score (nSPS) is 33.0. The van der Waals surface area contributed by atoms with Crippen molar-refractivity contribution >= 4 is 0 Å². The van der Waals surface area contributed by atoms with E-state index in [1.165, 1.54) is 12.8 Å². The van der Waals surface area contributed by atoms with Crippen LogP contribution in [-0.4, -0.2) is 44.7 Å². The van der Waals surface area contributed by atoms with Gasteiger partial charge in [-0.15, -0.1) is 0 Å². The van der Waals surface area contributed by atoms with Crippen molar-refractivity contribution in [3.8, 4) is 0 Å². The Morgan fingerprint density at radius 1 is 1.15 bits per heavy atom. The van der Waals surface area contributed by atoms with E-state index in [4.69, 9.17) is 20.1 Å². The van der Waals surface area contributed by atoms with E-state index in [1.807, 2.05) is 7.11 Å². The van der Waals surface area contributed by atoms with Crippen LogP contribution in [0.15, 0.2) is 0 Å². The number of nitrogens with two attached hydrogens (primary N) is 1. The molecule has 2 saturated heterocycles. The van der Waals surface area contributed by atoms with Gasteiger partial charge in [0.2, 0.25) is 0 Å². The van der Waals surface area contributed by atoms with Crippen LogP contribution in [0.1, 0.15) is 38.5 Å². The molecular formula is C15H28N2O3. The van der Waals surface area contributed by atoms with Crippen molar-refractivity contribution in [2.75, 3.05) is 26.9 Å². The average molecular weight is 284 g/mol. The second-order valence-electron chi connectivity index (χ2n) is 6.63. The summed E-state index contributed by atoms with van der Waals surface area (Å²) in [4.78, 5) is 0. The average Bonchev–Trinajstić information content (AvgIpc) is 3.30. The molecule has 0 aromatic carbocycles. The van der Waals surface area contributed by atoms with Crippen molar-refractivity contribution in [3.63, 3.8) is 0 Å². The predicted octanol–water partition coefficient (Wildman–Crippen LogP) is 1.22. The monoisotopic (exact) mass is 284 g/mol. The lowest BCUT2D eigenvalue weighted by molar-refractivity contribution is -0.155. The van der Waals surface area contributed by atoms with Gasteiger partial charge in [-0.05, 0) is 50.4 Å². The Hall–Kier alpha value is -0.200. The van der Waals surface area contributed by atoms with Gasteiger partial charge in [-0.1, -0.05) is 0 Å². The maximum absolute atomic E-state index is 6.13. The molecule has 3 rings (SSSR count). The molecule has 3 atom stereocenters. The fourth-order valence-corrected chi connectivity index (χ4v) is 4.02. The van der Waals surface area contributed by atoms with Gasteiger partial charge in [0.1, 0.15) is 0 Å². The van der Waals surface area contributed by atoms with Gasteiger partial charge in [0.25, 0.3) is 0 Å². The minimum absolute atomic E-state index is 0.0259. The number of hydrogen-bond acceptors (Lipinski definition) is 5. The number of rotatable bonds is 5. The van der Waals surface area contributed by atoms with Crippen LogP contribution >= 0.6 is 0 Å². The molecule has 1 saturated carbocycles. The molecule has 20 heavy (non-hydrogen) atoms. The van der Waals surface area contributed by atoms with Crippen molar-refractivity contribution in [2.24, 2.45) is 17.7 Å². The summed E-state index contributed by atoms with van der Waals surface area (Å²) in [7, 11) is 1.82. The minimum Gasteiger partial charge on any atom is -0.381 e. The third kappa shape index (κ3) is 3.02. The molecular weight excluding hydrogens is 256 g/mol. The highest BCUT2D eigenvalue weighted by Gasteiger charge is 2.45. The van der Waals surface area contributed by atoms with Crippen molar-refractivity contribution in [2.45, 2.75) is 56.3 Å². The van der Waals surface area contributed by atoms with E-state index in [-0.39, 0.29) is 17.7 Å². The molecule has 5 nitrogen and oxygen atoms in total. The first-order valence-electron chi connectivity index (χ1n) is 7.99. The summed E-state index contributed by atoms with van der Waals surface area (Å²) in [6.07, 6.45) is 6.99. The van der Waals surface area contributed by atoms with Crippen LogP contribution in [0, 0.1) is 11.8 Å². The van der Waals surface area contributed by atoms with Crippen molar-refractivity contribution in [1.29, 1.82) is 0 Å². The summed E-state index contributed by atoms with van der Waals surface area (Å²) in [6, 6.07) is 0.246. The molecule has 3 aliphatic rings. The SMILES string of the molecule is COC(C1CC1)C(NN)C1CCOC2(CCOCC2)C1. The highest BCUT2D eigenvalue weighted by molar-refractivity contribution is 4.98. The lowest BCUT2D eigenvalue weighted by atomic mass is 9.76. The maximum Gasteiger partial charge on any atom is 0.0768 e. The van der Waals surface area contributed by atoms with Crippen LogP contribution < -0.4 is 11.3 Å². The molecule has 116 valence electrons. The Kier molecular flexibility index (Phi) is 4.62. The van der Waals surface area contributed by atoms with Gasteiger partial charge in [-0.2, -0.15) is 0 Å². The summed E-state index contributed by atoms with van der Waals surface area (Å²) >= 11 is 0. The quantitative estimate of drug-likeness (QED) is 0.587. The van der Waals surface area contributed by atoms with E-state index in [2.05, 4.69) is 5.43 Å². The van der Waals surface area contributed by atoms with E-state index in [0.29, 0.717) is 11.8 Å². The zero-order valence-electron chi connectivity index (χ0n) is 12.5. The molecule has 2 aliphatic heterocycles. The van der Waals surface area contributed by atoms with E-state index < -0.39 is 0 Å².